The smallest absolute Gasteiger partial charge is 0.245 e. The molecule has 0 aliphatic carbocycles. The highest BCUT2D eigenvalue weighted by molar-refractivity contribution is 7.89. The number of carbonyl (C=O) groups excluding carboxylic acids is 2. The Morgan fingerprint density at radius 1 is 1.03 bits per heavy atom. The Bertz CT molecular complexity index is 1030. The number of hydrogen-bond donors (Lipinski definition) is 3. The van der Waals surface area contributed by atoms with E-state index in [1.54, 1.807) is 17.3 Å². The maximum absolute atomic E-state index is 13.1. The molecule has 2 aromatic rings. The summed E-state index contributed by atoms with van der Waals surface area (Å²) in [6.07, 6.45) is 6.62. The van der Waals surface area contributed by atoms with Crippen LogP contribution in [0.3, 0.4) is 0 Å². The number of amides is 2. The second kappa shape index (κ2) is 12.0. The molecule has 1 aliphatic rings. The minimum Gasteiger partial charge on any atom is -0.385 e. The van der Waals surface area contributed by atoms with Crippen LogP contribution in [0.2, 0.25) is 5.02 Å². The van der Waals surface area contributed by atoms with Crippen molar-refractivity contribution in [1.29, 1.82) is 0 Å². The van der Waals surface area contributed by atoms with E-state index in [1.165, 1.54) is 24.3 Å². The van der Waals surface area contributed by atoms with Crippen LogP contribution in [-0.4, -0.2) is 62.3 Å². The number of rotatable bonds is 10. The first-order chi connectivity index (χ1) is 15.8. The highest BCUT2D eigenvalue weighted by atomic mass is 35.5. The summed E-state index contributed by atoms with van der Waals surface area (Å²) in [5.41, 5.74) is 0.858. The fourth-order valence-corrected chi connectivity index (χ4v) is 4.63. The number of piperidine rings is 1. The van der Waals surface area contributed by atoms with Gasteiger partial charge in [-0.15, -0.1) is 0 Å². The zero-order valence-corrected chi connectivity index (χ0v) is 19.7. The number of carbonyl (C=O) groups is 2. The molecule has 2 heterocycles. The molecule has 33 heavy (non-hydrogen) atoms. The fraction of sp³-hybridized carbons (Fsp3) is 0.409. The van der Waals surface area contributed by atoms with Crippen molar-refractivity contribution in [2.45, 2.75) is 36.6 Å². The Kier molecular flexibility index (Phi) is 9.04. The van der Waals surface area contributed by atoms with Crippen LogP contribution in [0, 0.1) is 0 Å². The predicted molar refractivity (Wildman–Crippen MR) is 126 cm³/mol. The summed E-state index contributed by atoms with van der Waals surface area (Å²) >= 11 is 5.80. The van der Waals surface area contributed by atoms with Crippen LogP contribution in [0.1, 0.15) is 25.7 Å². The number of hydrogen-bond acceptors (Lipinski definition) is 6. The van der Waals surface area contributed by atoms with Gasteiger partial charge < -0.3 is 15.5 Å². The second-order valence-corrected chi connectivity index (χ2v) is 9.94. The van der Waals surface area contributed by atoms with Gasteiger partial charge in [0.1, 0.15) is 6.04 Å². The third-order valence-electron chi connectivity index (χ3n) is 5.29. The molecule has 178 valence electrons. The lowest BCUT2D eigenvalue weighted by Gasteiger charge is -2.31. The molecule has 0 radical (unpaired) electrons. The maximum Gasteiger partial charge on any atom is 0.245 e. The Morgan fingerprint density at radius 3 is 2.36 bits per heavy atom. The minimum absolute atomic E-state index is 0.00203. The topological polar surface area (TPSA) is 120 Å². The summed E-state index contributed by atoms with van der Waals surface area (Å²) in [5.74, 6) is -0.730. The van der Waals surface area contributed by atoms with Gasteiger partial charge >= 0.3 is 0 Å². The van der Waals surface area contributed by atoms with Gasteiger partial charge in [0.2, 0.25) is 21.8 Å². The van der Waals surface area contributed by atoms with Gasteiger partial charge in [0.25, 0.3) is 0 Å². The number of pyridine rings is 1. The van der Waals surface area contributed by atoms with E-state index in [4.69, 9.17) is 11.6 Å². The SMILES string of the molecule is O=C(CNS(=O)(=O)c1ccc(Cl)cc1)N[C@H](CCNc1ccncc1)C(=O)N1CCCCC1. The van der Waals surface area contributed by atoms with Gasteiger partial charge in [0, 0.05) is 42.7 Å². The molecule has 9 nitrogen and oxygen atoms in total. The van der Waals surface area contributed by atoms with Crippen molar-refractivity contribution >= 4 is 39.1 Å². The number of nitrogens with zero attached hydrogens (tertiary/aromatic N) is 2. The number of anilines is 1. The van der Waals surface area contributed by atoms with Crippen molar-refractivity contribution in [3.8, 4) is 0 Å². The van der Waals surface area contributed by atoms with Crippen LogP contribution in [0.15, 0.2) is 53.7 Å². The lowest BCUT2D eigenvalue weighted by molar-refractivity contribution is -0.137. The molecule has 2 amide bonds. The van der Waals surface area contributed by atoms with Gasteiger partial charge in [-0.05, 0) is 62.1 Å². The Hall–Kier alpha value is -2.69. The van der Waals surface area contributed by atoms with Gasteiger partial charge in [0.15, 0.2) is 0 Å². The number of nitrogens with one attached hydrogen (secondary N) is 3. The molecule has 1 aromatic heterocycles. The second-order valence-electron chi connectivity index (χ2n) is 7.74. The molecule has 0 bridgehead atoms. The van der Waals surface area contributed by atoms with Crippen molar-refractivity contribution in [3.05, 3.63) is 53.8 Å². The van der Waals surface area contributed by atoms with Crippen molar-refractivity contribution in [1.82, 2.24) is 19.9 Å². The zero-order valence-electron chi connectivity index (χ0n) is 18.2. The van der Waals surface area contributed by atoms with Crippen LogP contribution in [0.4, 0.5) is 5.69 Å². The lowest BCUT2D eigenvalue weighted by Crippen LogP contribution is -2.52. The number of sulfonamides is 1. The highest BCUT2D eigenvalue weighted by Crippen LogP contribution is 2.14. The Labute approximate surface area is 199 Å². The minimum atomic E-state index is -3.88. The normalized spacial score (nSPS) is 15.0. The first kappa shape index (κ1) is 24.9. The monoisotopic (exact) mass is 493 g/mol. The van der Waals surface area contributed by atoms with Crippen LogP contribution in [0.25, 0.3) is 0 Å². The van der Waals surface area contributed by atoms with Crippen molar-refractivity contribution in [3.63, 3.8) is 0 Å². The Morgan fingerprint density at radius 2 is 1.70 bits per heavy atom. The first-order valence-electron chi connectivity index (χ1n) is 10.8. The molecular weight excluding hydrogens is 466 g/mol. The van der Waals surface area contributed by atoms with Gasteiger partial charge in [-0.3, -0.25) is 14.6 Å². The van der Waals surface area contributed by atoms with E-state index in [1.807, 2.05) is 12.1 Å². The van der Waals surface area contributed by atoms with E-state index >= 15 is 0 Å². The number of likely N-dealkylation sites (tertiary alicyclic amines) is 1. The van der Waals surface area contributed by atoms with Gasteiger partial charge in [-0.2, -0.15) is 0 Å². The van der Waals surface area contributed by atoms with E-state index in [0.717, 1.165) is 24.9 Å². The standard InChI is InChI=1S/C22H28ClN5O4S/c23-17-4-6-19(7-5-17)33(31,32)26-16-21(29)27-20(22(30)28-14-2-1-3-15-28)10-13-25-18-8-11-24-12-9-18/h4-9,11-12,20,26H,1-3,10,13-16H2,(H,24,25)(H,27,29)/t20-/m1/s1. The average molecular weight is 494 g/mol. The number of benzene rings is 1. The third-order valence-corrected chi connectivity index (χ3v) is 6.96. The van der Waals surface area contributed by atoms with Crippen LogP contribution >= 0.6 is 11.6 Å². The fourth-order valence-electron chi connectivity index (χ4n) is 3.53. The first-order valence-corrected chi connectivity index (χ1v) is 12.7. The highest BCUT2D eigenvalue weighted by Gasteiger charge is 2.27. The molecule has 3 rings (SSSR count). The number of halogens is 1. The third kappa shape index (κ3) is 7.69. The van der Waals surface area contributed by atoms with Crippen LogP contribution in [0.5, 0.6) is 0 Å². The summed E-state index contributed by atoms with van der Waals surface area (Å²) in [6, 6.07) is 8.49. The molecule has 0 spiro atoms. The van der Waals surface area contributed by atoms with Gasteiger partial charge in [-0.25, -0.2) is 13.1 Å². The van der Waals surface area contributed by atoms with E-state index < -0.39 is 28.5 Å². The van der Waals surface area contributed by atoms with Crippen LogP contribution in [-0.2, 0) is 19.6 Å². The molecule has 1 atom stereocenters. The van der Waals surface area contributed by atoms with E-state index in [2.05, 4.69) is 20.3 Å². The van der Waals surface area contributed by atoms with Crippen LogP contribution < -0.4 is 15.4 Å². The summed E-state index contributed by atoms with van der Waals surface area (Å²) < 4.78 is 27.1. The molecule has 0 unspecified atom stereocenters. The quantitative estimate of drug-likeness (QED) is 0.465. The molecule has 0 saturated carbocycles. The predicted octanol–water partition coefficient (Wildman–Crippen LogP) is 2.01. The van der Waals surface area contributed by atoms with E-state index in [0.29, 0.717) is 31.1 Å². The van der Waals surface area contributed by atoms with Crippen molar-refractivity contribution < 1.29 is 18.0 Å². The zero-order chi connectivity index (χ0) is 23.7. The summed E-state index contributed by atoms with van der Waals surface area (Å²) in [6.45, 7) is 1.29. The van der Waals surface area contributed by atoms with Crippen molar-refractivity contribution in [2.75, 3.05) is 31.5 Å². The Balaban J connectivity index is 1.59. The van der Waals surface area contributed by atoms with E-state index in [9.17, 15) is 18.0 Å². The summed E-state index contributed by atoms with van der Waals surface area (Å²) in [7, 11) is -3.88. The van der Waals surface area contributed by atoms with E-state index in [-0.39, 0.29) is 10.8 Å². The molecule has 1 fully saturated rings. The van der Waals surface area contributed by atoms with Gasteiger partial charge in [-0.1, -0.05) is 11.6 Å². The summed E-state index contributed by atoms with van der Waals surface area (Å²) in [5, 5.41) is 6.32. The molecular formula is C22H28ClN5O4S. The number of aromatic nitrogens is 1. The van der Waals surface area contributed by atoms with Crippen molar-refractivity contribution in [2.24, 2.45) is 0 Å². The lowest BCUT2D eigenvalue weighted by atomic mass is 10.1. The molecule has 1 aromatic carbocycles. The molecule has 11 heteroatoms. The largest absolute Gasteiger partial charge is 0.385 e. The molecule has 1 saturated heterocycles. The maximum atomic E-state index is 13.1. The average Bonchev–Trinajstić information content (AvgIpc) is 2.83. The summed E-state index contributed by atoms with van der Waals surface area (Å²) in [4.78, 5) is 31.3. The molecule has 1 aliphatic heterocycles. The molecule has 3 N–H and O–H groups in total. The van der Waals surface area contributed by atoms with Gasteiger partial charge in [0.05, 0.1) is 11.4 Å².